The molecule has 18 heavy (non-hydrogen) atoms. The van der Waals surface area contributed by atoms with E-state index >= 15 is 0 Å². The molecule has 0 aromatic heterocycles. The SMILES string of the molecule is CC(C)=CCCC(C)NCCc1ccc(O)cc1. The van der Waals surface area contributed by atoms with Crippen LogP contribution in [-0.4, -0.2) is 17.7 Å². The molecule has 0 aliphatic heterocycles. The van der Waals surface area contributed by atoms with Gasteiger partial charge in [0.15, 0.2) is 0 Å². The summed E-state index contributed by atoms with van der Waals surface area (Å²) < 4.78 is 0. The predicted octanol–water partition coefficient (Wildman–Crippen LogP) is 3.66. The molecule has 0 saturated carbocycles. The van der Waals surface area contributed by atoms with E-state index in [0.717, 1.165) is 19.4 Å². The second-order valence-corrected chi connectivity index (χ2v) is 5.13. The molecule has 0 heterocycles. The highest BCUT2D eigenvalue weighted by molar-refractivity contribution is 5.25. The molecule has 0 amide bonds. The van der Waals surface area contributed by atoms with Gasteiger partial charge >= 0.3 is 0 Å². The van der Waals surface area contributed by atoms with Crippen molar-refractivity contribution in [2.24, 2.45) is 0 Å². The van der Waals surface area contributed by atoms with Crippen LogP contribution in [0, 0.1) is 0 Å². The molecule has 1 rings (SSSR count). The molecular weight excluding hydrogens is 222 g/mol. The number of phenolic OH excluding ortho intramolecular Hbond substituents is 1. The summed E-state index contributed by atoms with van der Waals surface area (Å²) in [5.74, 6) is 0.335. The van der Waals surface area contributed by atoms with Gasteiger partial charge in [-0.15, -0.1) is 0 Å². The molecule has 1 aromatic carbocycles. The molecule has 0 fully saturated rings. The number of phenols is 1. The Labute approximate surface area is 111 Å². The Bertz CT molecular complexity index is 363. The third-order valence-electron chi connectivity index (χ3n) is 3.00. The fraction of sp³-hybridized carbons (Fsp3) is 0.500. The van der Waals surface area contributed by atoms with E-state index in [2.05, 4.69) is 32.2 Å². The van der Waals surface area contributed by atoms with Crippen molar-refractivity contribution in [2.45, 2.75) is 46.1 Å². The third-order valence-corrected chi connectivity index (χ3v) is 3.00. The van der Waals surface area contributed by atoms with Gasteiger partial charge < -0.3 is 10.4 Å². The lowest BCUT2D eigenvalue weighted by Crippen LogP contribution is -2.27. The Hall–Kier alpha value is -1.28. The van der Waals surface area contributed by atoms with Crippen LogP contribution >= 0.6 is 0 Å². The third kappa shape index (κ3) is 6.45. The minimum atomic E-state index is 0.335. The normalized spacial score (nSPS) is 12.2. The fourth-order valence-corrected chi connectivity index (χ4v) is 1.85. The van der Waals surface area contributed by atoms with E-state index < -0.39 is 0 Å². The van der Waals surface area contributed by atoms with Gasteiger partial charge in [-0.3, -0.25) is 0 Å². The van der Waals surface area contributed by atoms with Crippen LogP contribution in [0.3, 0.4) is 0 Å². The molecule has 2 N–H and O–H groups in total. The number of rotatable bonds is 7. The lowest BCUT2D eigenvalue weighted by atomic mass is 10.1. The largest absolute Gasteiger partial charge is 0.508 e. The molecule has 1 atom stereocenters. The van der Waals surface area contributed by atoms with Crippen LogP contribution in [0.1, 0.15) is 39.2 Å². The van der Waals surface area contributed by atoms with E-state index in [-0.39, 0.29) is 0 Å². The van der Waals surface area contributed by atoms with Gasteiger partial charge in [-0.2, -0.15) is 0 Å². The standard InChI is InChI=1S/C16H25NO/c1-13(2)5-4-6-14(3)17-12-11-15-7-9-16(18)10-8-15/h5,7-10,14,17-18H,4,6,11-12H2,1-3H3. The van der Waals surface area contributed by atoms with Gasteiger partial charge in [0.05, 0.1) is 0 Å². The van der Waals surface area contributed by atoms with Crippen LogP contribution in [0.5, 0.6) is 5.75 Å². The van der Waals surface area contributed by atoms with Crippen molar-refractivity contribution in [1.29, 1.82) is 0 Å². The zero-order chi connectivity index (χ0) is 13.4. The molecule has 1 unspecified atom stereocenters. The highest BCUT2D eigenvalue weighted by Gasteiger charge is 2.00. The van der Waals surface area contributed by atoms with Gasteiger partial charge in [-0.1, -0.05) is 23.8 Å². The smallest absolute Gasteiger partial charge is 0.115 e. The average Bonchev–Trinajstić information content (AvgIpc) is 2.31. The summed E-state index contributed by atoms with van der Waals surface area (Å²) >= 11 is 0. The van der Waals surface area contributed by atoms with Crippen molar-refractivity contribution in [3.63, 3.8) is 0 Å². The molecule has 2 nitrogen and oxygen atoms in total. The van der Waals surface area contributed by atoms with Gasteiger partial charge in [0.25, 0.3) is 0 Å². The van der Waals surface area contributed by atoms with Gasteiger partial charge in [0.1, 0.15) is 5.75 Å². The van der Waals surface area contributed by atoms with E-state index in [1.807, 2.05) is 12.1 Å². The summed E-state index contributed by atoms with van der Waals surface area (Å²) in [5, 5.41) is 12.7. The van der Waals surface area contributed by atoms with E-state index in [4.69, 9.17) is 0 Å². The Morgan fingerprint density at radius 3 is 2.56 bits per heavy atom. The van der Waals surface area contributed by atoms with Gasteiger partial charge in [0.2, 0.25) is 0 Å². The molecule has 0 aliphatic rings. The van der Waals surface area contributed by atoms with Crippen LogP contribution in [0.4, 0.5) is 0 Å². The number of benzene rings is 1. The molecule has 2 heteroatoms. The Kier molecular flexibility index (Phi) is 6.51. The molecule has 100 valence electrons. The zero-order valence-corrected chi connectivity index (χ0v) is 11.7. The summed E-state index contributed by atoms with van der Waals surface area (Å²) in [7, 11) is 0. The first kappa shape index (κ1) is 14.8. The molecule has 0 bridgehead atoms. The fourth-order valence-electron chi connectivity index (χ4n) is 1.85. The van der Waals surface area contributed by atoms with Crippen molar-refractivity contribution in [1.82, 2.24) is 5.32 Å². The number of hydrogen-bond donors (Lipinski definition) is 2. The van der Waals surface area contributed by atoms with Crippen molar-refractivity contribution >= 4 is 0 Å². The average molecular weight is 247 g/mol. The number of nitrogens with one attached hydrogen (secondary N) is 1. The minimum absolute atomic E-state index is 0.335. The second-order valence-electron chi connectivity index (χ2n) is 5.13. The molecule has 0 saturated heterocycles. The van der Waals surface area contributed by atoms with E-state index in [0.29, 0.717) is 11.8 Å². The molecular formula is C16H25NO. The maximum atomic E-state index is 9.19. The first-order valence-corrected chi connectivity index (χ1v) is 6.72. The summed E-state index contributed by atoms with van der Waals surface area (Å²) in [6, 6.07) is 7.99. The second kappa shape index (κ2) is 7.93. The summed E-state index contributed by atoms with van der Waals surface area (Å²) in [6.45, 7) is 7.50. The lowest BCUT2D eigenvalue weighted by Gasteiger charge is -2.12. The quantitative estimate of drug-likeness (QED) is 0.721. The maximum Gasteiger partial charge on any atom is 0.115 e. The molecule has 0 aliphatic carbocycles. The Morgan fingerprint density at radius 1 is 1.28 bits per heavy atom. The van der Waals surface area contributed by atoms with Gasteiger partial charge in [-0.05, 0) is 64.3 Å². The first-order valence-electron chi connectivity index (χ1n) is 6.72. The van der Waals surface area contributed by atoms with Crippen LogP contribution in [0.15, 0.2) is 35.9 Å². The number of allylic oxidation sites excluding steroid dienone is 2. The van der Waals surface area contributed by atoms with Crippen LogP contribution in [0.2, 0.25) is 0 Å². The highest BCUT2D eigenvalue weighted by atomic mass is 16.3. The zero-order valence-electron chi connectivity index (χ0n) is 11.7. The Morgan fingerprint density at radius 2 is 1.94 bits per heavy atom. The van der Waals surface area contributed by atoms with Crippen molar-refractivity contribution in [3.8, 4) is 5.75 Å². The van der Waals surface area contributed by atoms with Crippen LogP contribution < -0.4 is 5.32 Å². The van der Waals surface area contributed by atoms with Crippen LogP contribution in [-0.2, 0) is 6.42 Å². The topological polar surface area (TPSA) is 32.3 Å². The van der Waals surface area contributed by atoms with E-state index in [1.54, 1.807) is 12.1 Å². The summed E-state index contributed by atoms with van der Waals surface area (Å²) in [6.07, 6.45) is 5.63. The van der Waals surface area contributed by atoms with Crippen molar-refractivity contribution in [2.75, 3.05) is 6.54 Å². The monoisotopic (exact) mass is 247 g/mol. The lowest BCUT2D eigenvalue weighted by molar-refractivity contribution is 0.475. The van der Waals surface area contributed by atoms with Crippen LogP contribution in [0.25, 0.3) is 0 Å². The highest BCUT2D eigenvalue weighted by Crippen LogP contribution is 2.09. The molecule has 1 aromatic rings. The van der Waals surface area contributed by atoms with Crippen molar-refractivity contribution in [3.05, 3.63) is 41.5 Å². The van der Waals surface area contributed by atoms with Crippen molar-refractivity contribution < 1.29 is 5.11 Å². The minimum Gasteiger partial charge on any atom is -0.508 e. The maximum absolute atomic E-state index is 9.19. The van der Waals surface area contributed by atoms with E-state index in [1.165, 1.54) is 17.6 Å². The Balaban J connectivity index is 2.17. The predicted molar refractivity (Wildman–Crippen MR) is 77.9 cm³/mol. The number of aromatic hydroxyl groups is 1. The number of hydrogen-bond acceptors (Lipinski definition) is 2. The van der Waals surface area contributed by atoms with E-state index in [9.17, 15) is 5.11 Å². The van der Waals surface area contributed by atoms with Gasteiger partial charge in [-0.25, -0.2) is 0 Å². The summed E-state index contributed by atoms with van der Waals surface area (Å²) in [4.78, 5) is 0. The summed E-state index contributed by atoms with van der Waals surface area (Å²) in [5.41, 5.74) is 2.66. The van der Waals surface area contributed by atoms with Gasteiger partial charge in [0, 0.05) is 6.04 Å². The first-order chi connectivity index (χ1) is 8.58. The molecule has 0 spiro atoms. The molecule has 0 radical (unpaired) electrons.